The van der Waals surface area contributed by atoms with Crippen LogP contribution < -0.4 is 10.6 Å². The van der Waals surface area contributed by atoms with Crippen molar-refractivity contribution < 1.29 is 48.0 Å². The molecule has 7 rings (SSSR count). The largest absolute Gasteiger partial charge is 0.481 e. The minimum absolute atomic E-state index is 0.0651. The molecule has 4 aliphatic rings. The number of thiophene rings is 1. The van der Waals surface area contributed by atoms with E-state index in [9.17, 15) is 28.4 Å². The highest BCUT2D eigenvalue weighted by molar-refractivity contribution is 7.10. The van der Waals surface area contributed by atoms with E-state index in [1.54, 1.807) is 11.6 Å². The maximum absolute atomic E-state index is 13.5. The summed E-state index contributed by atoms with van der Waals surface area (Å²) in [4.78, 5) is 75.1. The van der Waals surface area contributed by atoms with Gasteiger partial charge in [-0.05, 0) is 24.0 Å². The number of carboxylic acids is 2. The molecular weight excluding hydrogens is 615 g/mol. The molecule has 3 heterocycles. The number of esters is 2. The van der Waals surface area contributed by atoms with Crippen LogP contribution in [0.25, 0.3) is 11.2 Å². The summed E-state index contributed by atoms with van der Waals surface area (Å²) in [5.41, 5.74) is -1.85. The van der Waals surface area contributed by atoms with Crippen molar-refractivity contribution >= 4 is 58.1 Å². The summed E-state index contributed by atoms with van der Waals surface area (Å²) >= 11 is 0.855. The molecule has 0 spiro atoms. The number of aliphatic carboxylic acids is 2. The number of ether oxygens (including phenoxy) is 2. The molecule has 4 atom stereocenters. The molecule has 4 N–H and O–H groups in total. The molecule has 234 valence electrons. The SMILES string of the molecule is CNC(=O)C12C(OC(=O)CCC(=O)O)C(OC(=O)CCC(=O)O)C3(n4cnc5c(NC)nc(C#Cc6ccc(F)s6)nc54)C1C23. The number of anilines is 1. The zero-order valence-electron chi connectivity index (χ0n) is 23.7. The highest BCUT2D eigenvalue weighted by Gasteiger charge is 3.07. The molecular formula is C28H25FN6O9S. The number of aromatic nitrogens is 4. The van der Waals surface area contributed by atoms with Gasteiger partial charge < -0.3 is 34.9 Å². The quantitative estimate of drug-likeness (QED) is 0.168. The van der Waals surface area contributed by atoms with Crippen molar-refractivity contribution in [1.29, 1.82) is 0 Å². The summed E-state index contributed by atoms with van der Waals surface area (Å²) in [6.45, 7) is 0. The third-order valence-corrected chi connectivity index (χ3v) is 9.28. The number of carbonyl (C=O) groups is 5. The van der Waals surface area contributed by atoms with Gasteiger partial charge >= 0.3 is 23.9 Å². The molecule has 17 heteroatoms. The lowest BCUT2D eigenvalue weighted by molar-refractivity contribution is -0.171. The third-order valence-electron chi connectivity index (χ3n) is 8.49. The fraction of sp³-hybridized carbons (Fsp3) is 0.429. The number of hydrogen-bond donors (Lipinski definition) is 4. The Kier molecular flexibility index (Phi) is 7.19. The van der Waals surface area contributed by atoms with Crippen LogP contribution in [0.3, 0.4) is 0 Å². The summed E-state index contributed by atoms with van der Waals surface area (Å²) in [7, 11) is 3.03. The van der Waals surface area contributed by atoms with E-state index in [-0.39, 0.29) is 11.5 Å². The van der Waals surface area contributed by atoms with Crippen LogP contribution >= 0.6 is 11.3 Å². The number of nitrogens with one attached hydrogen (secondary N) is 2. The van der Waals surface area contributed by atoms with Crippen molar-refractivity contribution in [2.24, 2.45) is 17.3 Å². The monoisotopic (exact) mass is 640 g/mol. The molecule has 0 saturated heterocycles. The van der Waals surface area contributed by atoms with Gasteiger partial charge in [0.25, 0.3) is 0 Å². The second-order valence-electron chi connectivity index (χ2n) is 10.7. The number of nitrogens with zero attached hydrogens (tertiary/aromatic N) is 4. The maximum atomic E-state index is 13.5. The highest BCUT2D eigenvalue weighted by Crippen LogP contribution is 2.95. The summed E-state index contributed by atoms with van der Waals surface area (Å²) in [5, 5.41) is 23.2. The van der Waals surface area contributed by atoms with Gasteiger partial charge in [-0.3, -0.25) is 24.0 Å². The number of halogens is 1. The fourth-order valence-corrected chi connectivity index (χ4v) is 7.37. The molecule has 3 aromatic rings. The number of imidazole rings is 1. The molecule has 0 aliphatic heterocycles. The molecule has 15 nitrogen and oxygen atoms in total. The average molecular weight is 641 g/mol. The van der Waals surface area contributed by atoms with Gasteiger partial charge in [0, 0.05) is 25.9 Å². The normalized spacial score (nSPS) is 26.6. The van der Waals surface area contributed by atoms with Gasteiger partial charge in [-0.2, -0.15) is 4.39 Å². The van der Waals surface area contributed by atoms with Gasteiger partial charge in [-0.1, -0.05) is 11.3 Å². The van der Waals surface area contributed by atoms with E-state index < -0.39 is 95.6 Å². The lowest BCUT2D eigenvalue weighted by atomic mass is 9.91. The van der Waals surface area contributed by atoms with Crippen LogP contribution in [0.15, 0.2) is 18.5 Å². The van der Waals surface area contributed by atoms with E-state index in [1.807, 2.05) is 0 Å². The second-order valence-corrected chi connectivity index (χ2v) is 11.8. The minimum Gasteiger partial charge on any atom is -0.481 e. The highest BCUT2D eigenvalue weighted by atomic mass is 32.1. The first kappa shape index (κ1) is 29.9. The first-order chi connectivity index (χ1) is 21.5. The summed E-state index contributed by atoms with van der Waals surface area (Å²) in [5.74, 6) is 0.314. The Hall–Kier alpha value is -5.11. The average Bonchev–Trinajstić information content (AvgIpc) is 3.64. The van der Waals surface area contributed by atoms with Crippen molar-refractivity contribution in [1.82, 2.24) is 24.8 Å². The number of amides is 1. The maximum Gasteiger partial charge on any atom is 0.306 e. The molecule has 4 saturated carbocycles. The predicted molar refractivity (Wildman–Crippen MR) is 150 cm³/mol. The minimum atomic E-state index is -1.31. The van der Waals surface area contributed by atoms with Crippen molar-refractivity contribution in [3.05, 3.63) is 34.3 Å². The van der Waals surface area contributed by atoms with E-state index >= 15 is 0 Å². The Morgan fingerprint density at radius 1 is 0.978 bits per heavy atom. The number of carboxylic acid groups (broad SMARTS) is 2. The zero-order chi connectivity index (χ0) is 32.3. The number of fused-ring (bicyclic) bond motifs is 2. The fourth-order valence-electron chi connectivity index (χ4n) is 6.78. The topological polar surface area (TPSA) is 212 Å². The molecule has 4 unspecified atom stereocenters. The van der Waals surface area contributed by atoms with Crippen LogP contribution in [0.4, 0.5) is 10.2 Å². The Morgan fingerprint density at radius 2 is 1.62 bits per heavy atom. The predicted octanol–water partition coefficient (Wildman–Crippen LogP) is 0.723. The van der Waals surface area contributed by atoms with Crippen LogP contribution in [0.2, 0.25) is 0 Å². The lowest BCUT2D eigenvalue weighted by Crippen LogP contribution is -2.43. The van der Waals surface area contributed by atoms with E-state index in [4.69, 9.17) is 19.7 Å². The Morgan fingerprint density at radius 3 is 2.18 bits per heavy atom. The van der Waals surface area contributed by atoms with Crippen molar-refractivity contribution in [2.75, 3.05) is 19.4 Å². The van der Waals surface area contributed by atoms with Crippen molar-refractivity contribution in [3.63, 3.8) is 0 Å². The smallest absolute Gasteiger partial charge is 0.306 e. The van der Waals surface area contributed by atoms with Gasteiger partial charge in [-0.25, -0.2) is 15.0 Å². The number of hydrogen-bond acceptors (Lipinski definition) is 12. The van der Waals surface area contributed by atoms with Gasteiger partial charge in [0.15, 0.2) is 34.3 Å². The van der Waals surface area contributed by atoms with Gasteiger partial charge in [0.1, 0.15) is 5.41 Å². The molecule has 4 aliphatic carbocycles. The van der Waals surface area contributed by atoms with Gasteiger partial charge in [-0.15, -0.1) is 0 Å². The van der Waals surface area contributed by atoms with E-state index in [0.717, 1.165) is 11.3 Å². The standard InChI is InChI=1S/C28H25FN6O9S/c1-30-24-19-25(34-14(33-24)6-4-12-3-5-13(29)45-12)35(11-32-19)28-20-21(28)27(20,26(42)31-2)22(43-17(40)9-7-15(36)37)23(28)44-18(41)10-8-16(38)39/h3,5,11,20-23H,7-10H2,1-2H3,(H,31,42)(H,36,37)(H,38,39)(H,30,33,34). The number of carbonyl (C=O) groups excluding carboxylic acids is 3. The Labute approximate surface area is 257 Å². The van der Waals surface area contributed by atoms with Crippen LogP contribution in [-0.2, 0) is 39.0 Å². The summed E-state index contributed by atoms with van der Waals surface area (Å²) in [6.07, 6.45) is -3.13. The van der Waals surface area contributed by atoms with Crippen molar-refractivity contribution in [3.8, 4) is 11.8 Å². The van der Waals surface area contributed by atoms with Crippen LogP contribution in [-0.4, -0.2) is 85.8 Å². The molecule has 2 bridgehead atoms. The van der Waals surface area contributed by atoms with E-state index in [2.05, 4.69) is 37.4 Å². The van der Waals surface area contributed by atoms with E-state index in [1.165, 1.54) is 25.5 Å². The summed E-state index contributed by atoms with van der Waals surface area (Å²) in [6, 6.07) is 2.80. The molecule has 0 aromatic carbocycles. The Bertz CT molecular complexity index is 1830. The third kappa shape index (κ3) is 4.55. The van der Waals surface area contributed by atoms with Crippen molar-refractivity contribution in [2.45, 2.75) is 43.4 Å². The second kappa shape index (κ2) is 10.8. The van der Waals surface area contributed by atoms with E-state index in [0.29, 0.717) is 16.2 Å². The van der Waals surface area contributed by atoms with Gasteiger partial charge in [0.05, 0.1) is 42.4 Å². The zero-order valence-corrected chi connectivity index (χ0v) is 24.5. The molecule has 1 amide bonds. The first-order valence-corrected chi connectivity index (χ1v) is 14.6. The molecule has 45 heavy (non-hydrogen) atoms. The van der Waals surface area contributed by atoms with Crippen LogP contribution in [0, 0.1) is 34.2 Å². The van der Waals surface area contributed by atoms with Crippen LogP contribution in [0.1, 0.15) is 36.4 Å². The number of rotatable bonds is 11. The Balaban J connectivity index is 1.43. The molecule has 4 fully saturated rings. The molecule has 0 radical (unpaired) electrons. The molecule has 3 aromatic heterocycles. The lowest BCUT2D eigenvalue weighted by Gasteiger charge is -2.27. The first-order valence-electron chi connectivity index (χ1n) is 13.7. The van der Waals surface area contributed by atoms with Crippen LogP contribution in [0.5, 0.6) is 0 Å². The van der Waals surface area contributed by atoms with Gasteiger partial charge in [0.2, 0.25) is 11.7 Å². The summed E-state index contributed by atoms with van der Waals surface area (Å²) < 4.78 is 26.6.